The minimum Gasteiger partial charge on any atom is -0.396 e. The van der Waals surface area contributed by atoms with Gasteiger partial charge in [-0.2, -0.15) is 0 Å². The lowest BCUT2D eigenvalue weighted by Gasteiger charge is -2.19. The molecular formula is C12H17Cl2NO. The molecule has 4 heteroatoms. The monoisotopic (exact) mass is 261 g/mol. The number of nitrogens with two attached hydrogens (primary N) is 1. The Kier molecular flexibility index (Phi) is 5.56. The maximum atomic E-state index is 9.11. The van der Waals surface area contributed by atoms with Crippen molar-refractivity contribution in [3.8, 4) is 0 Å². The summed E-state index contributed by atoms with van der Waals surface area (Å²) in [6.45, 7) is 2.66. The lowest BCUT2D eigenvalue weighted by molar-refractivity contribution is 0.217. The molecule has 0 bridgehead atoms. The minimum absolute atomic E-state index is 0.110. The molecule has 0 aromatic heterocycles. The Morgan fingerprint density at radius 1 is 1.38 bits per heavy atom. The van der Waals surface area contributed by atoms with E-state index in [1.165, 1.54) is 0 Å². The van der Waals surface area contributed by atoms with Gasteiger partial charge in [-0.1, -0.05) is 30.1 Å². The van der Waals surface area contributed by atoms with Crippen LogP contribution in [0.1, 0.15) is 24.8 Å². The first-order valence-corrected chi connectivity index (χ1v) is 6.10. The molecule has 0 aliphatic rings. The number of hydrogen-bond donors (Lipinski definition) is 2. The molecule has 3 N–H and O–H groups in total. The van der Waals surface area contributed by atoms with E-state index in [1.54, 1.807) is 12.1 Å². The fraction of sp³-hybridized carbons (Fsp3) is 0.500. The van der Waals surface area contributed by atoms with E-state index in [9.17, 15) is 0 Å². The number of hydrogen-bond acceptors (Lipinski definition) is 2. The highest BCUT2D eigenvalue weighted by Crippen LogP contribution is 2.31. The summed E-state index contributed by atoms with van der Waals surface area (Å²) in [4.78, 5) is 0. The normalized spacial score (nSPS) is 14.8. The Labute approximate surface area is 106 Å². The van der Waals surface area contributed by atoms with Gasteiger partial charge in [-0.3, -0.25) is 0 Å². The average Bonchev–Trinajstić information content (AvgIpc) is 2.28. The third-order valence-corrected chi connectivity index (χ3v) is 3.35. The molecule has 2 nitrogen and oxygen atoms in total. The van der Waals surface area contributed by atoms with Crippen LogP contribution in [-0.2, 0) is 0 Å². The molecule has 2 unspecified atom stereocenters. The highest BCUT2D eigenvalue weighted by molar-refractivity contribution is 6.33. The van der Waals surface area contributed by atoms with Crippen molar-refractivity contribution in [3.05, 3.63) is 33.8 Å². The topological polar surface area (TPSA) is 46.2 Å². The third-order valence-electron chi connectivity index (χ3n) is 2.77. The molecule has 1 rings (SSSR count). The Bertz CT molecular complexity index is 340. The maximum absolute atomic E-state index is 9.11. The van der Waals surface area contributed by atoms with Crippen LogP contribution in [0.15, 0.2) is 18.2 Å². The molecule has 0 saturated carbocycles. The second-order valence-corrected chi connectivity index (χ2v) is 4.93. The van der Waals surface area contributed by atoms with E-state index in [4.69, 9.17) is 34.0 Å². The molecule has 0 aliphatic carbocycles. The Hall–Kier alpha value is -0.280. The summed E-state index contributed by atoms with van der Waals surface area (Å²) in [5.41, 5.74) is 6.57. The van der Waals surface area contributed by atoms with Gasteiger partial charge in [0.2, 0.25) is 0 Å². The molecule has 90 valence electrons. The largest absolute Gasteiger partial charge is 0.396 e. The van der Waals surface area contributed by atoms with Gasteiger partial charge < -0.3 is 10.8 Å². The molecule has 0 saturated heterocycles. The summed E-state index contributed by atoms with van der Waals surface area (Å²) in [5, 5.41) is 10.5. The first kappa shape index (κ1) is 13.8. The van der Waals surface area contributed by atoms with Crippen molar-refractivity contribution < 1.29 is 5.11 Å². The maximum Gasteiger partial charge on any atom is 0.0471 e. The first-order valence-electron chi connectivity index (χ1n) is 5.34. The third kappa shape index (κ3) is 3.63. The molecule has 0 aliphatic heterocycles. The second-order valence-electron chi connectivity index (χ2n) is 4.09. The highest BCUT2D eigenvalue weighted by Gasteiger charge is 2.15. The summed E-state index contributed by atoms with van der Waals surface area (Å²) >= 11 is 12.0. The van der Waals surface area contributed by atoms with Crippen LogP contribution in [0.4, 0.5) is 0 Å². The van der Waals surface area contributed by atoms with Crippen molar-refractivity contribution in [2.75, 3.05) is 13.2 Å². The molecular weight excluding hydrogens is 245 g/mol. The number of rotatable bonds is 5. The molecule has 0 amide bonds. The summed E-state index contributed by atoms with van der Waals surface area (Å²) < 4.78 is 0. The van der Waals surface area contributed by atoms with E-state index in [0.29, 0.717) is 16.6 Å². The fourth-order valence-corrected chi connectivity index (χ4v) is 2.25. The quantitative estimate of drug-likeness (QED) is 0.856. The zero-order chi connectivity index (χ0) is 12.1. The number of aliphatic hydroxyl groups excluding tert-OH is 1. The molecule has 16 heavy (non-hydrogen) atoms. The summed E-state index contributed by atoms with van der Waals surface area (Å²) in [6, 6.07) is 5.44. The number of halogens is 2. The smallest absolute Gasteiger partial charge is 0.0471 e. The number of aliphatic hydroxyl groups is 1. The van der Waals surface area contributed by atoms with Gasteiger partial charge in [-0.05, 0) is 48.6 Å². The van der Waals surface area contributed by atoms with E-state index in [-0.39, 0.29) is 18.4 Å². The van der Waals surface area contributed by atoms with Crippen molar-refractivity contribution >= 4 is 23.2 Å². The van der Waals surface area contributed by atoms with Crippen LogP contribution < -0.4 is 5.73 Å². The average molecular weight is 262 g/mol. The van der Waals surface area contributed by atoms with Gasteiger partial charge in [-0.15, -0.1) is 0 Å². The molecule has 1 aromatic rings. The van der Waals surface area contributed by atoms with E-state index in [0.717, 1.165) is 12.0 Å². The molecule has 2 atom stereocenters. The summed E-state index contributed by atoms with van der Waals surface area (Å²) in [6.07, 6.45) is 0.813. The van der Waals surface area contributed by atoms with E-state index < -0.39 is 0 Å². The Balaban J connectivity index is 2.79. The predicted molar refractivity (Wildman–Crippen MR) is 69.1 cm³/mol. The SMILES string of the molecule is CC(CC(CN)CO)c1cc(Cl)ccc1Cl. The van der Waals surface area contributed by atoms with Crippen LogP contribution in [0.5, 0.6) is 0 Å². The molecule has 1 aromatic carbocycles. The van der Waals surface area contributed by atoms with E-state index >= 15 is 0 Å². The lowest BCUT2D eigenvalue weighted by atomic mass is 9.90. The first-order chi connectivity index (χ1) is 7.58. The standard InChI is InChI=1S/C12H17Cl2NO/c1-8(4-9(6-15)7-16)11-5-10(13)2-3-12(11)14/h2-3,5,8-9,16H,4,6-7,15H2,1H3. The lowest BCUT2D eigenvalue weighted by Crippen LogP contribution is -2.20. The zero-order valence-corrected chi connectivity index (χ0v) is 10.8. The van der Waals surface area contributed by atoms with Crippen LogP contribution in [-0.4, -0.2) is 18.3 Å². The van der Waals surface area contributed by atoms with Crippen LogP contribution in [0.25, 0.3) is 0 Å². The van der Waals surface area contributed by atoms with Crippen molar-refractivity contribution in [3.63, 3.8) is 0 Å². The van der Waals surface area contributed by atoms with Crippen LogP contribution >= 0.6 is 23.2 Å². The number of benzene rings is 1. The van der Waals surface area contributed by atoms with Gasteiger partial charge in [0.15, 0.2) is 0 Å². The Morgan fingerprint density at radius 2 is 2.06 bits per heavy atom. The van der Waals surface area contributed by atoms with Gasteiger partial charge in [-0.25, -0.2) is 0 Å². The molecule has 0 spiro atoms. The molecule has 0 heterocycles. The minimum atomic E-state index is 0.110. The Morgan fingerprint density at radius 3 is 2.62 bits per heavy atom. The van der Waals surface area contributed by atoms with Gasteiger partial charge in [0, 0.05) is 16.7 Å². The van der Waals surface area contributed by atoms with Gasteiger partial charge in [0.05, 0.1) is 0 Å². The summed E-state index contributed by atoms with van der Waals surface area (Å²) in [7, 11) is 0. The molecule has 0 radical (unpaired) electrons. The fourth-order valence-electron chi connectivity index (χ4n) is 1.76. The highest BCUT2D eigenvalue weighted by atomic mass is 35.5. The van der Waals surface area contributed by atoms with Gasteiger partial charge in [0.1, 0.15) is 0 Å². The van der Waals surface area contributed by atoms with Crippen LogP contribution in [0, 0.1) is 5.92 Å². The van der Waals surface area contributed by atoms with Gasteiger partial charge >= 0.3 is 0 Å². The van der Waals surface area contributed by atoms with E-state index in [2.05, 4.69) is 6.92 Å². The van der Waals surface area contributed by atoms with E-state index in [1.807, 2.05) is 6.07 Å². The molecule has 0 fully saturated rings. The van der Waals surface area contributed by atoms with Crippen molar-refractivity contribution in [2.45, 2.75) is 19.3 Å². The van der Waals surface area contributed by atoms with Gasteiger partial charge in [0.25, 0.3) is 0 Å². The van der Waals surface area contributed by atoms with Crippen LogP contribution in [0.2, 0.25) is 10.0 Å². The second kappa shape index (κ2) is 6.45. The van der Waals surface area contributed by atoms with Crippen molar-refractivity contribution in [1.29, 1.82) is 0 Å². The predicted octanol–water partition coefficient (Wildman–Crippen LogP) is 3.05. The van der Waals surface area contributed by atoms with Crippen molar-refractivity contribution in [2.24, 2.45) is 11.7 Å². The zero-order valence-electron chi connectivity index (χ0n) is 9.29. The van der Waals surface area contributed by atoms with Crippen LogP contribution in [0.3, 0.4) is 0 Å². The van der Waals surface area contributed by atoms with Crippen molar-refractivity contribution in [1.82, 2.24) is 0 Å². The summed E-state index contributed by atoms with van der Waals surface area (Å²) in [5.74, 6) is 0.358.